The number of carboxylic acids is 2. The summed E-state index contributed by atoms with van der Waals surface area (Å²) in [6.45, 7) is 5.95. The first-order valence-electron chi connectivity index (χ1n) is 19.5. The van der Waals surface area contributed by atoms with Crippen LogP contribution in [0.25, 0.3) is 10.9 Å². The Hall–Kier alpha value is -4.50. The molecule has 0 fully saturated rings. The highest BCUT2D eigenvalue weighted by Crippen LogP contribution is 2.21. The normalized spacial score (nSPS) is 12.8. The molecule has 0 aliphatic rings. The van der Waals surface area contributed by atoms with E-state index in [4.69, 9.17) is 10.8 Å². The van der Waals surface area contributed by atoms with Gasteiger partial charge in [-0.1, -0.05) is 57.6 Å². The zero-order valence-electron chi connectivity index (χ0n) is 32.1. The summed E-state index contributed by atoms with van der Waals surface area (Å²) in [6, 6.07) is 2.86. The van der Waals surface area contributed by atoms with Crippen LogP contribution in [0.5, 0.6) is 0 Å². The summed E-state index contributed by atoms with van der Waals surface area (Å²) in [4.78, 5) is 76.4. The van der Waals surface area contributed by atoms with Crippen LogP contribution < -0.4 is 32.3 Å². The van der Waals surface area contributed by atoms with Crippen LogP contribution in [0.15, 0.2) is 24.4 Å². The maximum Gasteiger partial charge on any atom is 0.326 e. The molecule has 0 unspecified atom stereocenters. The van der Waals surface area contributed by atoms with Crippen molar-refractivity contribution in [1.29, 1.82) is 0 Å². The molecule has 3 atom stereocenters. The minimum absolute atomic E-state index is 0.0304. The van der Waals surface area contributed by atoms with Gasteiger partial charge < -0.3 is 47.5 Å². The number of benzene rings is 1. The fraction of sp³-hybridized carbons (Fsp3) is 0.641. The number of amides is 4. The molecular formula is C39H63N7O8. The molecule has 302 valence electrons. The zero-order chi connectivity index (χ0) is 39.7. The summed E-state index contributed by atoms with van der Waals surface area (Å²) >= 11 is 0. The number of nitrogens with two attached hydrogens (primary N) is 1. The molecule has 0 aliphatic carbocycles. The highest BCUT2D eigenvalue weighted by Gasteiger charge is 2.26. The molecular weight excluding hydrogens is 694 g/mol. The largest absolute Gasteiger partial charge is 0.481 e. The summed E-state index contributed by atoms with van der Waals surface area (Å²) < 4.78 is 0. The Morgan fingerprint density at radius 1 is 0.722 bits per heavy atom. The van der Waals surface area contributed by atoms with Crippen LogP contribution in [0.1, 0.15) is 114 Å². The molecule has 0 spiro atoms. The van der Waals surface area contributed by atoms with E-state index in [9.17, 15) is 33.9 Å². The Labute approximate surface area is 318 Å². The molecule has 0 radical (unpaired) electrons. The lowest BCUT2D eigenvalue weighted by atomic mass is 10.0. The smallest absolute Gasteiger partial charge is 0.326 e. The lowest BCUT2D eigenvalue weighted by molar-refractivity contribution is -0.142. The van der Waals surface area contributed by atoms with Gasteiger partial charge in [-0.05, 0) is 75.7 Å². The van der Waals surface area contributed by atoms with Crippen molar-refractivity contribution in [2.75, 3.05) is 26.2 Å². The number of H-pyrrole nitrogens is 1. The lowest BCUT2D eigenvalue weighted by Gasteiger charge is -2.21. The second-order valence-corrected chi connectivity index (χ2v) is 14.0. The second-order valence-electron chi connectivity index (χ2n) is 14.0. The molecule has 15 heteroatoms. The van der Waals surface area contributed by atoms with Crippen molar-refractivity contribution in [3.63, 3.8) is 0 Å². The Balaban J connectivity index is 1.82. The molecule has 0 saturated carbocycles. The number of carboxylic acid groups (broad SMARTS) is 2. The van der Waals surface area contributed by atoms with Gasteiger partial charge in [0.05, 0.1) is 6.04 Å². The van der Waals surface area contributed by atoms with Gasteiger partial charge in [0, 0.05) is 55.9 Å². The number of unbranched alkanes of at least 4 members (excludes halogenated alkanes) is 6. The van der Waals surface area contributed by atoms with E-state index in [0.717, 1.165) is 41.3 Å². The predicted octanol–water partition coefficient (Wildman–Crippen LogP) is 3.18. The van der Waals surface area contributed by atoms with E-state index in [1.807, 2.05) is 25.1 Å². The predicted molar refractivity (Wildman–Crippen MR) is 208 cm³/mol. The number of hydrogen-bond acceptors (Lipinski definition) is 8. The third-order valence-electron chi connectivity index (χ3n) is 9.21. The quantitative estimate of drug-likeness (QED) is 0.0527. The number of rotatable bonds is 30. The SMILES string of the molecule is CCCCCCCCCC(=O)NCCCNCC[C@H](N)C(=O)N[C@H](Cc1c[nH]c2cc(C)ccc12)C(=O)NCCC[C@@H](NC(=O)CCCC(=O)O)C(=O)O. The van der Waals surface area contributed by atoms with Crippen LogP contribution in [-0.4, -0.2) is 95.1 Å². The van der Waals surface area contributed by atoms with Crippen molar-refractivity contribution in [2.24, 2.45) is 5.73 Å². The number of hydrogen-bond donors (Lipinski definition) is 9. The van der Waals surface area contributed by atoms with Gasteiger partial charge in [-0.2, -0.15) is 0 Å². The summed E-state index contributed by atoms with van der Waals surface area (Å²) in [7, 11) is 0. The van der Waals surface area contributed by atoms with E-state index in [1.165, 1.54) is 32.1 Å². The standard InChI is InChI=1S/C39H63N7O8/c1-3-4-5-6-7-8-9-14-34(47)42-22-12-20-41-23-19-30(40)37(51)46-33(25-28-26-44-32-24-27(2)17-18-29(28)32)38(52)43-21-11-13-31(39(53)54)45-35(48)15-10-16-36(49)50/h17-18,24,26,30-31,33,41,44H,3-16,19-23,25,40H2,1-2H3,(H,42,47)(H,43,52)(H,45,48)(H,46,51)(H,49,50)(H,53,54)/t30-,31+,33+/m0/s1. The lowest BCUT2D eigenvalue weighted by Crippen LogP contribution is -2.53. The molecule has 4 amide bonds. The van der Waals surface area contributed by atoms with Crippen molar-refractivity contribution < 1.29 is 39.0 Å². The van der Waals surface area contributed by atoms with Gasteiger partial charge in [-0.25, -0.2) is 4.79 Å². The monoisotopic (exact) mass is 757 g/mol. The minimum atomic E-state index is -1.24. The van der Waals surface area contributed by atoms with E-state index in [2.05, 4.69) is 38.5 Å². The number of aryl methyl sites for hydroxylation is 1. The van der Waals surface area contributed by atoms with Crippen molar-refractivity contribution >= 4 is 46.5 Å². The Kier molecular flexibility index (Phi) is 22.2. The minimum Gasteiger partial charge on any atom is -0.481 e. The number of fused-ring (bicyclic) bond motifs is 1. The fourth-order valence-electron chi connectivity index (χ4n) is 6.03. The van der Waals surface area contributed by atoms with E-state index < -0.39 is 47.8 Å². The number of aliphatic carboxylic acids is 2. The highest BCUT2D eigenvalue weighted by molar-refractivity contribution is 5.91. The van der Waals surface area contributed by atoms with Gasteiger partial charge in [0.25, 0.3) is 0 Å². The molecule has 2 rings (SSSR count). The molecule has 0 saturated heterocycles. The van der Waals surface area contributed by atoms with Crippen LogP contribution in [0.3, 0.4) is 0 Å². The van der Waals surface area contributed by atoms with E-state index in [0.29, 0.717) is 32.5 Å². The van der Waals surface area contributed by atoms with Crippen molar-refractivity contribution in [3.8, 4) is 0 Å². The first-order valence-corrected chi connectivity index (χ1v) is 19.5. The van der Waals surface area contributed by atoms with Crippen LogP contribution >= 0.6 is 0 Å². The van der Waals surface area contributed by atoms with Crippen LogP contribution in [0.4, 0.5) is 0 Å². The number of nitrogens with one attached hydrogen (secondary N) is 6. The Morgan fingerprint density at radius 2 is 1.43 bits per heavy atom. The van der Waals surface area contributed by atoms with Gasteiger partial charge in [0.2, 0.25) is 23.6 Å². The average Bonchev–Trinajstić information content (AvgIpc) is 3.52. The first-order chi connectivity index (χ1) is 25.9. The van der Waals surface area contributed by atoms with Gasteiger partial charge in [0.15, 0.2) is 0 Å². The van der Waals surface area contributed by atoms with Gasteiger partial charge in [-0.15, -0.1) is 0 Å². The summed E-state index contributed by atoms with van der Waals surface area (Å²) in [6.07, 6.45) is 11.8. The van der Waals surface area contributed by atoms with Gasteiger partial charge in [-0.3, -0.25) is 24.0 Å². The first kappa shape index (κ1) is 45.7. The third kappa shape index (κ3) is 19.0. The third-order valence-corrected chi connectivity index (χ3v) is 9.21. The summed E-state index contributed by atoms with van der Waals surface area (Å²) in [5.41, 5.74) is 9.01. The molecule has 10 N–H and O–H groups in total. The molecule has 1 heterocycles. The van der Waals surface area contributed by atoms with Gasteiger partial charge in [0.1, 0.15) is 12.1 Å². The number of carbonyl (C=O) groups is 6. The van der Waals surface area contributed by atoms with Crippen LogP contribution in [0, 0.1) is 6.92 Å². The van der Waals surface area contributed by atoms with Gasteiger partial charge >= 0.3 is 11.9 Å². The van der Waals surface area contributed by atoms with Crippen molar-refractivity contribution in [1.82, 2.24) is 31.6 Å². The van der Waals surface area contributed by atoms with E-state index >= 15 is 0 Å². The Bertz CT molecular complexity index is 1480. The van der Waals surface area contributed by atoms with Crippen LogP contribution in [-0.2, 0) is 35.2 Å². The van der Waals surface area contributed by atoms with Crippen LogP contribution in [0.2, 0.25) is 0 Å². The van der Waals surface area contributed by atoms with E-state index in [1.54, 1.807) is 6.20 Å². The number of aromatic amines is 1. The zero-order valence-corrected chi connectivity index (χ0v) is 32.1. The highest BCUT2D eigenvalue weighted by atomic mass is 16.4. The van der Waals surface area contributed by atoms with Crippen molar-refractivity contribution in [3.05, 3.63) is 35.5 Å². The molecule has 1 aromatic carbocycles. The number of aromatic nitrogens is 1. The van der Waals surface area contributed by atoms with E-state index in [-0.39, 0.29) is 51.0 Å². The van der Waals surface area contributed by atoms with Crippen molar-refractivity contribution in [2.45, 2.75) is 135 Å². The maximum atomic E-state index is 13.4. The second kappa shape index (κ2) is 26.3. The summed E-state index contributed by atoms with van der Waals surface area (Å²) in [5.74, 6) is -3.72. The Morgan fingerprint density at radius 3 is 2.15 bits per heavy atom. The molecule has 0 aliphatic heterocycles. The molecule has 2 aromatic rings. The summed E-state index contributed by atoms with van der Waals surface area (Å²) in [5, 5.41) is 33.4. The molecule has 1 aromatic heterocycles. The average molecular weight is 758 g/mol. The number of carbonyl (C=O) groups excluding carboxylic acids is 4. The molecule has 15 nitrogen and oxygen atoms in total. The topological polar surface area (TPSA) is 245 Å². The molecule has 54 heavy (non-hydrogen) atoms. The maximum absolute atomic E-state index is 13.4. The fourth-order valence-corrected chi connectivity index (χ4v) is 6.03. The molecule has 0 bridgehead atoms.